The molecule has 35 heavy (non-hydrogen) atoms. The van der Waals surface area contributed by atoms with E-state index in [2.05, 4.69) is 14.7 Å². The Bertz CT molecular complexity index is 1190. The lowest BCUT2D eigenvalue weighted by Gasteiger charge is -2.29. The molecular weight excluding hydrogens is 502 g/mol. The maximum atomic E-state index is 14.0. The van der Waals surface area contributed by atoms with Gasteiger partial charge in [-0.3, -0.25) is 4.79 Å². The maximum Gasteiger partial charge on any atom is 0.339 e. The monoisotopic (exact) mass is 524 g/mol. The van der Waals surface area contributed by atoms with Crippen LogP contribution >= 0.6 is 11.8 Å². The number of carbonyl (C=O) groups is 1. The number of nitrogens with zero attached hydrogens (tertiary/aromatic N) is 3. The van der Waals surface area contributed by atoms with Crippen molar-refractivity contribution in [1.82, 2.24) is 14.9 Å². The predicted molar refractivity (Wildman–Crippen MR) is 124 cm³/mol. The van der Waals surface area contributed by atoms with Crippen LogP contribution in [-0.2, 0) is 17.1 Å². The van der Waals surface area contributed by atoms with Crippen molar-refractivity contribution in [3.63, 3.8) is 0 Å². The topological polar surface area (TPSA) is 124 Å². The van der Waals surface area contributed by atoms with E-state index in [9.17, 15) is 23.2 Å². The van der Waals surface area contributed by atoms with Gasteiger partial charge in [-0.2, -0.15) is 9.71 Å². The Hall–Kier alpha value is -2.87. The third-order valence-corrected chi connectivity index (χ3v) is 6.84. The van der Waals surface area contributed by atoms with E-state index in [1.165, 1.54) is 30.3 Å². The highest BCUT2D eigenvalue weighted by Crippen LogP contribution is 2.27. The van der Waals surface area contributed by atoms with Gasteiger partial charge in [0.05, 0.1) is 6.61 Å². The summed E-state index contributed by atoms with van der Waals surface area (Å²) < 4.78 is 54.0. The van der Waals surface area contributed by atoms with Gasteiger partial charge in [-0.1, -0.05) is 23.9 Å². The molecule has 0 radical (unpaired) electrons. The number of anilines is 1. The van der Waals surface area contributed by atoms with Gasteiger partial charge in [-0.25, -0.2) is 13.8 Å². The van der Waals surface area contributed by atoms with Crippen LogP contribution in [0.25, 0.3) is 0 Å². The number of halogens is 2. The molecule has 3 heterocycles. The molecule has 1 aliphatic rings. The first-order valence-electron chi connectivity index (χ1n) is 10.6. The third kappa shape index (κ3) is 6.23. The zero-order valence-corrected chi connectivity index (χ0v) is 20.2. The van der Waals surface area contributed by atoms with E-state index in [0.29, 0.717) is 13.1 Å². The Morgan fingerprint density at radius 2 is 2.14 bits per heavy atom. The molecule has 9 nitrogen and oxygen atoms in total. The van der Waals surface area contributed by atoms with Gasteiger partial charge in [0.2, 0.25) is 5.88 Å². The van der Waals surface area contributed by atoms with Crippen molar-refractivity contribution in [3.8, 4) is 5.88 Å². The normalized spacial score (nSPS) is 14.8. The lowest BCUT2D eigenvalue weighted by Crippen LogP contribution is -2.41. The van der Waals surface area contributed by atoms with Gasteiger partial charge in [0.25, 0.3) is 5.91 Å². The summed E-state index contributed by atoms with van der Waals surface area (Å²) in [6.45, 7) is 2.68. The van der Waals surface area contributed by atoms with Gasteiger partial charge in [-0.15, -0.1) is 0 Å². The van der Waals surface area contributed by atoms with Crippen molar-refractivity contribution < 1.29 is 32.4 Å². The second-order valence-electron chi connectivity index (χ2n) is 7.62. The molecule has 186 valence electrons. The number of hydrogen-bond donors (Lipinski definition) is 2. The van der Waals surface area contributed by atoms with E-state index < -0.39 is 29.1 Å². The van der Waals surface area contributed by atoms with E-state index in [0.717, 1.165) is 24.2 Å². The quantitative estimate of drug-likeness (QED) is 0.233. The fraction of sp³-hybridized carbons (Fsp3) is 0.318. The van der Waals surface area contributed by atoms with Crippen LogP contribution in [0.2, 0.25) is 0 Å². The van der Waals surface area contributed by atoms with E-state index in [-0.39, 0.29) is 51.5 Å². The molecule has 3 aromatic rings. The lowest BCUT2D eigenvalue weighted by atomic mass is 10.2. The van der Waals surface area contributed by atoms with Crippen molar-refractivity contribution in [2.75, 3.05) is 24.4 Å². The molecule has 4 rings (SSSR count). The number of benzene rings is 1. The number of thioether (sulfide) groups is 1. The molecule has 2 N–H and O–H groups in total. The van der Waals surface area contributed by atoms with Crippen molar-refractivity contribution in [2.24, 2.45) is 0 Å². The second kappa shape index (κ2) is 11.2. The summed E-state index contributed by atoms with van der Waals surface area (Å²) in [6, 6.07) is 8.15. The van der Waals surface area contributed by atoms with Gasteiger partial charge in [0, 0.05) is 36.5 Å². The average Bonchev–Trinajstić information content (AvgIpc) is 3.29. The Labute approximate surface area is 207 Å². The molecule has 1 saturated heterocycles. The van der Waals surface area contributed by atoms with Crippen LogP contribution in [0.4, 0.5) is 14.6 Å². The van der Waals surface area contributed by atoms with Crippen molar-refractivity contribution >= 4 is 34.8 Å². The number of aromatic nitrogens is 2. The number of aliphatic hydroxyl groups excluding tert-OH is 1. The average molecular weight is 525 g/mol. The van der Waals surface area contributed by atoms with Gasteiger partial charge < -0.3 is 23.7 Å². The molecule has 0 aliphatic carbocycles. The zero-order chi connectivity index (χ0) is 24.9. The number of nitrogens with one attached hydrogen (secondary N) is 1. The second-order valence-corrected chi connectivity index (χ2v) is 9.71. The minimum absolute atomic E-state index is 0.0229. The fourth-order valence-corrected chi connectivity index (χ4v) is 4.56. The number of ether oxygens (including phenoxy) is 1. The van der Waals surface area contributed by atoms with Crippen LogP contribution in [0, 0.1) is 11.6 Å². The molecule has 2 atom stereocenters. The van der Waals surface area contributed by atoms with Gasteiger partial charge >= 0.3 is 5.09 Å². The summed E-state index contributed by atoms with van der Waals surface area (Å²) in [5.41, 5.74) is 0.127. The largest absolute Gasteiger partial charge is 0.585 e. The first-order chi connectivity index (χ1) is 16.8. The maximum absolute atomic E-state index is 14.0. The standard InChI is InChI=1S/C22H22F2N4O5S2/c1-13(11-29)32-18-10-17(25-22(26-18)34-12-14-4-2-5-15(23)20(14)24)27-35(31)19-7-6-16(33-19)21(30)28-8-3-9-28/h2,4-7,10,13,29H,3,8-9,11-12H2,1H3,(H,25,26,27). The van der Waals surface area contributed by atoms with Crippen LogP contribution in [0.1, 0.15) is 29.5 Å². The highest BCUT2D eigenvalue weighted by Gasteiger charge is 2.27. The highest BCUT2D eigenvalue weighted by atomic mass is 32.2. The SMILES string of the molecule is CC(CO)Oc1cc(N[S+]([O-])c2ccc(C(=O)N3CCC3)o2)nc(SCc2cccc(F)c2F)n1. The number of carbonyl (C=O) groups excluding carboxylic acids is 1. The molecule has 1 aliphatic heterocycles. The van der Waals surface area contributed by atoms with Crippen LogP contribution in [0.5, 0.6) is 5.88 Å². The number of hydrogen-bond acceptors (Lipinski definition) is 9. The third-order valence-electron chi connectivity index (χ3n) is 4.96. The molecule has 2 unspecified atom stereocenters. The summed E-state index contributed by atoms with van der Waals surface area (Å²) in [5.74, 6) is -1.87. The van der Waals surface area contributed by atoms with Gasteiger partial charge in [0.1, 0.15) is 17.5 Å². The Morgan fingerprint density at radius 1 is 1.34 bits per heavy atom. The summed E-state index contributed by atoms with van der Waals surface area (Å²) in [5, 5.41) is 9.45. The highest BCUT2D eigenvalue weighted by molar-refractivity contribution is 7.98. The van der Waals surface area contributed by atoms with Gasteiger partial charge in [-0.05, 0) is 25.5 Å². The molecular formula is C22H22F2N4O5S2. The number of amides is 1. The Balaban J connectivity index is 1.50. The lowest BCUT2D eigenvalue weighted by molar-refractivity contribution is 0.0613. The fourth-order valence-electron chi connectivity index (χ4n) is 2.98. The molecule has 1 amide bonds. The summed E-state index contributed by atoms with van der Waals surface area (Å²) in [6.07, 6.45) is 0.355. The van der Waals surface area contributed by atoms with Crippen LogP contribution in [0.15, 0.2) is 51.1 Å². The molecule has 13 heteroatoms. The number of aliphatic hydroxyl groups is 1. The summed E-state index contributed by atoms with van der Waals surface area (Å²) in [7, 11) is 0. The first-order valence-corrected chi connectivity index (χ1v) is 12.8. The number of likely N-dealkylation sites (tertiary alicyclic amines) is 1. The predicted octanol–water partition coefficient (Wildman–Crippen LogP) is 3.38. The minimum atomic E-state index is -1.91. The van der Waals surface area contributed by atoms with E-state index in [1.54, 1.807) is 11.8 Å². The summed E-state index contributed by atoms with van der Waals surface area (Å²) in [4.78, 5) is 22.4. The van der Waals surface area contributed by atoms with E-state index >= 15 is 0 Å². The van der Waals surface area contributed by atoms with Crippen molar-refractivity contribution in [2.45, 2.75) is 35.5 Å². The van der Waals surface area contributed by atoms with Crippen LogP contribution in [-0.4, -0.2) is 56.2 Å². The Kier molecular flexibility index (Phi) is 8.11. The molecule has 0 spiro atoms. The zero-order valence-electron chi connectivity index (χ0n) is 18.6. The number of furan rings is 1. The number of rotatable bonds is 10. The van der Waals surface area contributed by atoms with Crippen molar-refractivity contribution in [3.05, 3.63) is 59.4 Å². The van der Waals surface area contributed by atoms with Crippen LogP contribution in [0.3, 0.4) is 0 Å². The van der Waals surface area contributed by atoms with E-state index in [1.807, 2.05) is 0 Å². The molecule has 0 bridgehead atoms. The molecule has 1 aromatic carbocycles. The van der Waals surface area contributed by atoms with Crippen molar-refractivity contribution in [1.29, 1.82) is 0 Å². The summed E-state index contributed by atoms with van der Waals surface area (Å²) >= 11 is -0.888. The molecule has 1 fully saturated rings. The smallest absolute Gasteiger partial charge is 0.339 e. The Morgan fingerprint density at radius 3 is 2.86 bits per heavy atom. The first kappa shape index (κ1) is 25.2. The van der Waals surface area contributed by atoms with Gasteiger partial charge in [0.15, 0.2) is 28.4 Å². The van der Waals surface area contributed by atoms with Crippen LogP contribution < -0.4 is 9.46 Å². The molecule has 0 saturated carbocycles. The van der Waals surface area contributed by atoms with E-state index in [4.69, 9.17) is 9.15 Å². The minimum Gasteiger partial charge on any atom is -0.585 e. The molecule has 2 aromatic heterocycles.